The minimum Gasteiger partial charge on any atom is -0.355 e. The number of hydrogen-bond acceptors (Lipinski definition) is 4. The van der Waals surface area contributed by atoms with E-state index in [1.165, 1.54) is 0 Å². The molecule has 19 heavy (non-hydrogen) atoms. The van der Waals surface area contributed by atoms with Crippen LogP contribution in [0.5, 0.6) is 0 Å². The quantitative estimate of drug-likeness (QED) is 0.779. The number of carbonyl (C=O) groups excluding carboxylic acids is 1. The molecule has 1 saturated heterocycles. The van der Waals surface area contributed by atoms with Gasteiger partial charge in [-0.2, -0.15) is 0 Å². The fourth-order valence-corrected chi connectivity index (χ4v) is 2.56. The Bertz CT molecular complexity index is 345. The number of amides is 1. The second-order valence-electron chi connectivity index (χ2n) is 5.29. The van der Waals surface area contributed by atoms with E-state index in [1.54, 1.807) is 6.92 Å². The van der Waals surface area contributed by atoms with Crippen molar-refractivity contribution in [2.45, 2.75) is 13.3 Å². The van der Waals surface area contributed by atoms with Crippen LogP contribution in [-0.2, 0) is 4.79 Å². The standard InChI is InChI=1S/C14H24N4O/c1-13(19)16-6-7-17-8-10-18(11-9-17)12-14-2-4-15-5-3-14/h2,4-5,14H,3,6-12H2,1H3,(H,16,19). The number of nitrogens with zero attached hydrogens (tertiary/aromatic N) is 3. The van der Waals surface area contributed by atoms with Gasteiger partial charge in [0.15, 0.2) is 0 Å². The maximum Gasteiger partial charge on any atom is 0.216 e. The highest BCUT2D eigenvalue weighted by atomic mass is 16.1. The zero-order chi connectivity index (χ0) is 13.5. The molecule has 0 saturated carbocycles. The molecule has 1 atom stereocenters. The summed E-state index contributed by atoms with van der Waals surface area (Å²) in [6.45, 7) is 8.89. The molecule has 0 aromatic carbocycles. The summed E-state index contributed by atoms with van der Waals surface area (Å²) >= 11 is 0. The maximum atomic E-state index is 10.8. The summed E-state index contributed by atoms with van der Waals surface area (Å²) in [5.41, 5.74) is 0. The van der Waals surface area contributed by atoms with Crippen molar-refractivity contribution in [3.63, 3.8) is 0 Å². The minimum absolute atomic E-state index is 0.0596. The first-order chi connectivity index (χ1) is 9.24. The molecule has 1 amide bonds. The molecule has 5 heteroatoms. The Morgan fingerprint density at radius 2 is 2.05 bits per heavy atom. The van der Waals surface area contributed by atoms with Crippen molar-refractivity contribution in [3.05, 3.63) is 12.3 Å². The Morgan fingerprint density at radius 3 is 2.68 bits per heavy atom. The zero-order valence-electron chi connectivity index (χ0n) is 11.7. The lowest BCUT2D eigenvalue weighted by molar-refractivity contribution is -0.119. The van der Waals surface area contributed by atoms with Gasteiger partial charge in [-0.3, -0.25) is 14.7 Å². The van der Waals surface area contributed by atoms with Crippen molar-refractivity contribution < 1.29 is 4.79 Å². The van der Waals surface area contributed by atoms with Crippen molar-refractivity contribution in [3.8, 4) is 0 Å². The zero-order valence-corrected chi connectivity index (χ0v) is 11.7. The van der Waals surface area contributed by atoms with Gasteiger partial charge in [-0.1, -0.05) is 6.08 Å². The molecule has 0 aliphatic carbocycles. The summed E-state index contributed by atoms with van der Waals surface area (Å²) in [5.74, 6) is 0.688. The summed E-state index contributed by atoms with van der Waals surface area (Å²) in [4.78, 5) is 19.9. The largest absolute Gasteiger partial charge is 0.355 e. The smallest absolute Gasteiger partial charge is 0.216 e. The summed E-state index contributed by atoms with van der Waals surface area (Å²) in [6.07, 6.45) is 7.20. The van der Waals surface area contributed by atoms with Gasteiger partial charge in [0.1, 0.15) is 0 Å². The number of aliphatic imine (C=N–C) groups is 1. The lowest BCUT2D eigenvalue weighted by Crippen LogP contribution is -2.49. The molecule has 0 bridgehead atoms. The lowest BCUT2D eigenvalue weighted by Gasteiger charge is -2.36. The average Bonchev–Trinajstić information content (AvgIpc) is 2.42. The fraction of sp³-hybridized carbons (Fsp3) is 0.714. The molecule has 0 spiro atoms. The highest BCUT2D eigenvalue weighted by Crippen LogP contribution is 2.12. The van der Waals surface area contributed by atoms with Crippen LogP contribution < -0.4 is 5.32 Å². The van der Waals surface area contributed by atoms with Gasteiger partial charge in [0.05, 0.1) is 0 Å². The molecule has 106 valence electrons. The number of rotatable bonds is 5. The summed E-state index contributed by atoms with van der Waals surface area (Å²) in [7, 11) is 0. The van der Waals surface area contributed by atoms with Gasteiger partial charge in [-0.05, 0) is 12.3 Å². The first kappa shape index (κ1) is 14.2. The van der Waals surface area contributed by atoms with E-state index in [2.05, 4.69) is 26.2 Å². The third kappa shape index (κ3) is 5.12. The van der Waals surface area contributed by atoms with Crippen molar-refractivity contribution in [2.75, 3.05) is 45.8 Å². The molecule has 2 heterocycles. The van der Waals surface area contributed by atoms with E-state index in [-0.39, 0.29) is 5.91 Å². The SMILES string of the molecule is CC(=O)NCCN1CCN(CC2C=CN=CC2)CC1. The van der Waals surface area contributed by atoms with E-state index in [9.17, 15) is 4.79 Å². The molecule has 5 nitrogen and oxygen atoms in total. The molecule has 1 unspecified atom stereocenters. The summed E-state index contributed by atoms with van der Waals surface area (Å²) in [5, 5.41) is 2.85. The highest BCUT2D eigenvalue weighted by Gasteiger charge is 2.19. The van der Waals surface area contributed by atoms with E-state index in [1.807, 2.05) is 12.4 Å². The molecule has 1 fully saturated rings. The Labute approximate surface area is 115 Å². The van der Waals surface area contributed by atoms with E-state index in [0.717, 1.165) is 52.2 Å². The second kappa shape index (κ2) is 7.40. The number of carbonyl (C=O) groups is 1. The van der Waals surface area contributed by atoms with Gasteiger partial charge in [-0.25, -0.2) is 0 Å². The Morgan fingerprint density at radius 1 is 1.32 bits per heavy atom. The second-order valence-corrected chi connectivity index (χ2v) is 5.29. The first-order valence-electron chi connectivity index (χ1n) is 7.11. The van der Waals surface area contributed by atoms with Gasteiger partial charge >= 0.3 is 0 Å². The predicted octanol–water partition coefficient (Wildman–Crippen LogP) is 0.345. The number of hydrogen-bond donors (Lipinski definition) is 1. The molecule has 0 aromatic heterocycles. The number of nitrogens with one attached hydrogen (secondary N) is 1. The molecule has 2 aliphatic rings. The first-order valence-corrected chi connectivity index (χ1v) is 7.11. The third-order valence-corrected chi connectivity index (χ3v) is 3.72. The van der Waals surface area contributed by atoms with Crippen LogP contribution in [0.2, 0.25) is 0 Å². The van der Waals surface area contributed by atoms with Crippen molar-refractivity contribution in [1.82, 2.24) is 15.1 Å². The maximum absolute atomic E-state index is 10.8. The van der Waals surface area contributed by atoms with Gasteiger partial charge in [0.2, 0.25) is 5.91 Å². The van der Waals surface area contributed by atoms with E-state index >= 15 is 0 Å². The Hall–Kier alpha value is -1.20. The lowest BCUT2D eigenvalue weighted by atomic mass is 10.0. The van der Waals surface area contributed by atoms with Gasteiger partial charge in [0, 0.05) is 65.2 Å². The van der Waals surface area contributed by atoms with Gasteiger partial charge < -0.3 is 10.2 Å². The monoisotopic (exact) mass is 264 g/mol. The molecule has 0 radical (unpaired) electrons. The Balaban J connectivity index is 1.61. The van der Waals surface area contributed by atoms with Crippen molar-refractivity contribution >= 4 is 12.1 Å². The predicted molar refractivity (Wildman–Crippen MR) is 77.3 cm³/mol. The summed E-state index contributed by atoms with van der Waals surface area (Å²) in [6, 6.07) is 0. The molecule has 0 aromatic rings. The number of piperazine rings is 1. The van der Waals surface area contributed by atoms with Crippen LogP contribution >= 0.6 is 0 Å². The normalized spacial score (nSPS) is 24.6. The van der Waals surface area contributed by atoms with E-state index in [0.29, 0.717) is 5.92 Å². The van der Waals surface area contributed by atoms with Crippen LogP contribution in [0.15, 0.2) is 17.3 Å². The molecule has 2 rings (SSSR count). The highest BCUT2D eigenvalue weighted by molar-refractivity contribution is 5.72. The molecular weight excluding hydrogens is 240 g/mol. The van der Waals surface area contributed by atoms with Crippen LogP contribution in [0.1, 0.15) is 13.3 Å². The minimum atomic E-state index is 0.0596. The molecule has 1 N–H and O–H groups in total. The topological polar surface area (TPSA) is 47.9 Å². The molecular formula is C14H24N4O. The summed E-state index contributed by atoms with van der Waals surface area (Å²) < 4.78 is 0. The van der Waals surface area contributed by atoms with Gasteiger partial charge in [-0.15, -0.1) is 0 Å². The fourth-order valence-electron chi connectivity index (χ4n) is 2.56. The Kier molecular flexibility index (Phi) is 5.54. The van der Waals surface area contributed by atoms with E-state index in [4.69, 9.17) is 0 Å². The van der Waals surface area contributed by atoms with E-state index < -0.39 is 0 Å². The van der Waals surface area contributed by atoms with Crippen LogP contribution in [0.25, 0.3) is 0 Å². The van der Waals surface area contributed by atoms with Gasteiger partial charge in [0.25, 0.3) is 0 Å². The van der Waals surface area contributed by atoms with Crippen molar-refractivity contribution in [1.29, 1.82) is 0 Å². The van der Waals surface area contributed by atoms with Crippen LogP contribution in [0.4, 0.5) is 0 Å². The average molecular weight is 264 g/mol. The third-order valence-electron chi connectivity index (χ3n) is 3.72. The van der Waals surface area contributed by atoms with Crippen LogP contribution in [0, 0.1) is 5.92 Å². The van der Waals surface area contributed by atoms with Crippen LogP contribution in [-0.4, -0.2) is 67.7 Å². The molecule has 2 aliphatic heterocycles. The van der Waals surface area contributed by atoms with Crippen molar-refractivity contribution in [2.24, 2.45) is 10.9 Å². The van der Waals surface area contributed by atoms with Crippen LogP contribution in [0.3, 0.4) is 0 Å².